The number of alkyl halides is 1. The van der Waals surface area contributed by atoms with Crippen molar-refractivity contribution in [1.82, 2.24) is 5.32 Å². The first-order chi connectivity index (χ1) is 6.84. The van der Waals surface area contributed by atoms with Crippen molar-refractivity contribution in [1.29, 1.82) is 0 Å². The van der Waals surface area contributed by atoms with Crippen LogP contribution in [-0.4, -0.2) is 31.7 Å². The van der Waals surface area contributed by atoms with Crippen molar-refractivity contribution < 1.29 is 4.74 Å². The van der Waals surface area contributed by atoms with Crippen molar-refractivity contribution in [2.75, 3.05) is 26.3 Å². The summed E-state index contributed by atoms with van der Waals surface area (Å²) in [6.45, 7) is 3.86. The number of nitrogens with one attached hydrogen (secondary N) is 1. The van der Waals surface area contributed by atoms with Crippen LogP contribution in [0.25, 0.3) is 0 Å². The molecule has 1 saturated heterocycles. The summed E-state index contributed by atoms with van der Waals surface area (Å²) >= 11 is 6.04. The summed E-state index contributed by atoms with van der Waals surface area (Å²) < 4.78 is 5.36. The quantitative estimate of drug-likeness (QED) is 0.574. The predicted molar refractivity (Wildman–Crippen MR) is 58.8 cm³/mol. The van der Waals surface area contributed by atoms with E-state index < -0.39 is 0 Å². The third kappa shape index (κ3) is 2.97. The van der Waals surface area contributed by atoms with Crippen LogP contribution in [0.4, 0.5) is 0 Å². The second kappa shape index (κ2) is 5.15. The maximum Gasteiger partial charge on any atom is 0.0643 e. The van der Waals surface area contributed by atoms with Crippen LogP contribution < -0.4 is 5.32 Å². The summed E-state index contributed by atoms with van der Waals surface area (Å²) in [4.78, 5) is 0. The number of ether oxygens (including phenoxy) is 1. The molecule has 0 aromatic carbocycles. The molecule has 0 bridgehead atoms. The lowest BCUT2D eigenvalue weighted by Gasteiger charge is -2.18. The van der Waals surface area contributed by atoms with E-state index in [1.807, 2.05) is 0 Å². The van der Waals surface area contributed by atoms with Gasteiger partial charge in [0, 0.05) is 26.3 Å². The first-order valence-electron chi connectivity index (χ1n) is 5.46. The molecule has 2 unspecified atom stereocenters. The average molecular weight is 216 g/mol. The van der Waals surface area contributed by atoms with E-state index in [0.717, 1.165) is 32.2 Å². The van der Waals surface area contributed by atoms with E-state index in [2.05, 4.69) is 11.4 Å². The van der Waals surface area contributed by atoms with E-state index in [0.29, 0.717) is 0 Å². The summed E-state index contributed by atoms with van der Waals surface area (Å²) in [5.74, 6) is 0.784. The molecule has 0 aromatic heterocycles. The van der Waals surface area contributed by atoms with Crippen molar-refractivity contribution in [3.63, 3.8) is 0 Å². The maximum atomic E-state index is 6.04. The van der Waals surface area contributed by atoms with Crippen LogP contribution in [0.5, 0.6) is 0 Å². The Bertz CT molecular complexity index is 211. The molecule has 2 aliphatic rings. The Balaban J connectivity index is 1.73. The number of rotatable bonds is 3. The van der Waals surface area contributed by atoms with Crippen LogP contribution in [0, 0.1) is 5.92 Å². The van der Waals surface area contributed by atoms with Gasteiger partial charge in [-0.3, -0.25) is 0 Å². The van der Waals surface area contributed by atoms with Crippen molar-refractivity contribution in [3.8, 4) is 0 Å². The molecule has 2 nitrogen and oxygen atoms in total. The van der Waals surface area contributed by atoms with Gasteiger partial charge in [-0.05, 0) is 25.2 Å². The Morgan fingerprint density at radius 2 is 2.50 bits per heavy atom. The van der Waals surface area contributed by atoms with Crippen LogP contribution in [0.15, 0.2) is 11.6 Å². The van der Waals surface area contributed by atoms with Crippen LogP contribution in [-0.2, 0) is 4.74 Å². The molecule has 0 aliphatic carbocycles. The number of hydrogen-bond acceptors (Lipinski definition) is 2. The van der Waals surface area contributed by atoms with Crippen LogP contribution in [0.1, 0.15) is 19.3 Å². The van der Waals surface area contributed by atoms with Crippen LogP contribution >= 0.6 is 11.6 Å². The molecule has 0 aromatic rings. The Kier molecular flexibility index (Phi) is 3.85. The van der Waals surface area contributed by atoms with E-state index in [9.17, 15) is 0 Å². The summed E-state index contributed by atoms with van der Waals surface area (Å²) in [6, 6.07) is 0. The Morgan fingerprint density at radius 1 is 1.57 bits per heavy atom. The molecule has 0 radical (unpaired) electrons. The lowest BCUT2D eigenvalue weighted by Crippen LogP contribution is -2.29. The van der Waals surface area contributed by atoms with E-state index in [1.165, 1.54) is 24.8 Å². The highest BCUT2D eigenvalue weighted by atomic mass is 35.5. The zero-order valence-corrected chi connectivity index (χ0v) is 9.22. The monoisotopic (exact) mass is 215 g/mol. The highest BCUT2D eigenvalue weighted by Gasteiger charge is 2.17. The SMILES string of the molecule is ClC1C=C(CCC2CCOC2)CNC1. The van der Waals surface area contributed by atoms with E-state index in [-0.39, 0.29) is 5.38 Å². The maximum absolute atomic E-state index is 6.04. The molecule has 1 fully saturated rings. The zero-order chi connectivity index (χ0) is 9.80. The van der Waals surface area contributed by atoms with Crippen molar-refractivity contribution in [2.45, 2.75) is 24.6 Å². The molecule has 0 amide bonds. The second-order valence-corrected chi connectivity index (χ2v) is 4.80. The third-order valence-corrected chi connectivity index (χ3v) is 3.29. The fourth-order valence-corrected chi connectivity index (χ4v) is 2.40. The van der Waals surface area contributed by atoms with Crippen molar-refractivity contribution in [3.05, 3.63) is 11.6 Å². The molecule has 1 N–H and O–H groups in total. The van der Waals surface area contributed by atoms with Crippen LogP contribution in [0.3, 0.4) is 0 Å². The molecule has 2 rings (SSSR count). The predicted octanol–water partition coefficient (Wildman–Crippen LogP) is 1.94. The van der Waals surface area contributed by atoms with Gasteiger partial charge in [0.1, 0.15) is 0 Å². The van der Waals surface area contributed by atoms with Gasteiger partial charge in [-0.1, -0.05) is 11.6 Å². The van der Waals surface area contributed by atoms with Gasteiger partial charge in [0.2, 0.25) is 0 Å². The molecule has 3 heteroatoms. The zero-order valence-electron chi connectivity index (χ0n) is 8.47. The molecule has 2 heterocycles. The summed E-state index contributed by atoms with van der Waals surface area (Å²) in [7, 11) is 0. The highest BCUT2D eigenvalue weighted by Crippen LogP contribution is 2.21. The fourth-order valence-electron chi connectivity index (χ4n) is 2.12. The molecule has 2 atom stereocenters. The number of hydrogen-bond donors (Lipinski definition) is 1. The highest BCUT2D eigenvalue weighted by molar-refractivity contribution is 6.22. The first-order valence-corrected chi connectivity index (χ1v) is 5.90. The molecule has 80 valence electrons. The van der Waals surface area contributed by atoms with E-state index >= 15 is 0 Å². The first kappa shape index (κ1) is 10.5. The molecular weight excluding hydrogens is 198 g/mol. The topological polar surface area (TPSA) is 21.3 Å². The largest absolute Gasteiger partial charge is 0.381 e. The van der Waals surface area contributed by atoms with E-state index in [1.54, 1.807) is 0 Å². The molecule has 2 aliphatic heterocycles. The Morgan fingerprint density at radius 3 is 3.21 bits per heavy atom. The molecule has 0 spiro atoms. The number of halogens is 1. The van der Waals surface area contributed by atoms with Gasteiger partial charge in [-0.2, -0.15) is 0 Å². The standard InChI is InChI=1S/C11H18ClNO/c12-11-5-10(6-13-7-11)2-1-9-3-4-14-8-9/h5,9,11,13H,1-4,6-8H2. The van der Waals surface area contributed by atoms with Gasteiger partial charge in [0.15, 0.2) is 0 Å². The Hall–Kier alpha value is -0.0500. The lowest BCUT2D eigenvalue weighted by molar-refractivity contribution is 0.184. The van der Waals surface area contributed by atoms with Gasteiger partial charge >= 0.3 is 0 Å². The van der Waals surface area contributed by atoms with E-state index in [4.69, 9.17) is 16.3 Å². The van der Waals surface area contributed by atoms with Crippen molar-refractivity contribution in [2.24, 2.45) is 5.92 Å². The molecule has 0 saturated carbocycles. The smallest absolute Gasteiger partial charge is 0.0643 e. The fraction of sp³-hybridized carbons (Fsp3) is 0.818. The van der Waals surface area contributed by atoms with Crippen LogP contribution in [0.2, 0.25) is 0 Å². The van der Waals surface area contributed by atoms with Gasteiger partial charge in [0.25, 0.3) is 0 Å². The minimum atomic E-state index is 0.193. The van der Waals surface area contributed by atoms with Gasteiger partial charge in [-0.15, -0.1) is 11.6 Å². The molecular formula is C11H18ClNO. The summed E-state index contributed by atoms with van der Waals surface area (Å²) in [5, 5.41) is 3.52. The summed E-state index contributed by atoms with van der Waals surface area (Å²) in [6.07, 6.45) is 5.90. The minimum absolute atomic E-state index is 0.193. The average Bonchev–Trinajstić information content (AvgIpc) is 2.67. The van der Waals surface area contributed by atoms with Crippen molar-refractivity contribution >= 4 is 11.6 Å². The lowest BCUT2D eigenvalue weighted by atomic mass is 9.97. The second-order valence-electron chi connectivity index (χ2n) is 4.24. The Labute approximate surface area is 90.7 Å². The normalized spacial score (nSPS) is 33.1. The minimum Gasteiger partial charge on any atom is -0.381 e. The third-order valence-electron chi connectivity index (χ3n) is 3.01. The van der Waals surface area contributed by atoms with Gasteiger partial charge < -0.3 is 10.1 Å². The molecule has 14 heavy (non-hydrogen) atoms. The summed E-state index contributed by atoms with van der Waals surface area (Å²) in [5.41, 5.74) is 1.48. The van der Waals surface area contributed by atoms with Gasteiger partial charge in [-0.25, -0.2) is 0 Å². The van der Waals surface area contributed by atoms with Gasteiger partial charge in [0.05, 0.1) is 5.38 Å².